The van der Waals surface area contributed by atoms with Crippen LogP contribution >= 0.6 is 15.9 Å². The molecule has 0 unspecified atom stereocenters. The van der Waals surface area contributed by atoms with Crippen molar-refractivity contribution >= 4 is 21.8 Å². The average molecular weight is 355 g/mol. The molecule has 116 valence electrons. The number of hydrogen-bond donors (Lipinski definition) is 2. The van der Waals surface area contributed by atoms with E-state index in [9.17, 15) is 9.90 Å². The smallest absolute Gasteiger partial charge is 0.225 e. The quantitative estimate of drug-likeness (QED) is 0.873. The summed E-state index contributed by atoms with van der Waals surface area (Å²) < 4.78 is 0.721. The fourth-order valence-corrected chi connectivity index (χ4v) is 3.03. The molecular formula is C16H23BrN2O2. The predicted octanol–water partition coefficient (Wildman–Crippen LogP) is 2.89. The average Bonchev–Trinajstić information content (AvgIpc) is 2.48. The molecule has 0 atom stereocenters. The van der Waals surface area contributed by atoms with Crippen LogP contribution in [0.1, 0.15) is 32.3 Å². The molecule has 1 aromatic rings. The monoisotopic (exact) mass is 354 g/mol. The molecule has 0 radical (unpaired) electrons. The highest BCUT2D eigenvalue weighted by atomic mass is 79.9. The Hall–Kier alpha value is -1.07. The number of nitrogens with one attached hydrogen (secondary N) is 1. The molecule has 2 rings (SSSR count). The van der Waals surface area contributed by atoms with Gasteiger partial charge in [0.05, 0.1) is 4.47 Å². The first-order valence-corrected chi connectivity index (χ1v) is 8.27. The minimum atomic E-state index is 0.0770. The Morgan fingerprint density at radius 1 is 1.43 bits per heavy atom. The number of amides is 1. The fraction of sp³-hybridized carbons (Fsp3) is 0.562. The van der Waals surface area contributed by atoms with Gasteiger partial charge in [-0.2, -0.15) is 0 Å². The van der Waals surface area contributed by atoms with Crippen molar-refractivity contribution in [2.45, 2.75) is 39.3 Å². The summed E-state index contributed by atoms with van der Waals surface area (Å²) in [6, 6.07) is 6.07. The van der Waals surface area contributed by atoms with Gasteiger partial charge in [0.2, 0.25) is 5.91 Å². The van der Waals surface area contributed by atoms with E-state index in [2.05, 4.69) is 21.2 Å². The third-order valence-electron chi connectivity index (χ3n) is 3.95. The number of piperidine rings is 1. The van der Waals surface area contributed by atoms with E-state index >= 15 is 0 Å². The van der Waals surface area contributed by atoms with E-state index in [-0.39, 0.29) is 11.8 Å². The maximum Gasteiger partial charge on any atom is 0.225 e. The number of carbonyl (C=O) groups is 1. The van der Waals surface area contributed by atoms with Crippen molar-refractivity contribution in [1.29, 1.82) is 0 Å². The van der Waals surface area contributed by atoms with Crippen molar-refractivity contribution in [1.82, 2.24) is 10.2 Å². The number of para-hydroxylation sites is 1. The molecule has 0 aliphatic carbocycles. The zero-order valence-corrected chi connectivity index (χ0v) is 14.2. The number of aromatic hydroxyl groups is 1. The van der Waals surface area contributed by atoms with E-state index < -0.39 is 0 Å². The minimum Gasteiger partial charge on any atom is -0.506 e. The van der Waals surface area contributed by atoms with Crippen molar-refractivity contribution in [3.05, 3.63) is 28.2 Å². The second kappa shape index (κ2) is 7.27. The second-order valence-corrected chi connectivity index (χ2v) is 6.74. The Kier molecular flexibility index (Phi) is 5.65. The molecule has 0 bridgehead atoms. The first-order valence-electron chi connectivity index (χ1n) is 7.47. The Morgan fingerprint density at radius 2 is 2.10 bits per heavy atom. The third kappa shape index (κ3) is 4.20. The number of rotatable bonds is 4. The van der Waals surface area contributed by atoms with Crippen LogP contribution in [0.3, 0.4) is 0 Å². The number of phenolic OH excluding ortho intramolecular Hbond substituents is 1. The molecule has 0 saturated carbocycles. The molecule has 1 aliphatic heterocycles. The summed E-state index contributed by atoms with van der Waals surface area (Å²) in [6.07, 6.45) is 1.93. The lowest BCUT2D eigenvalue weighted by atomic mass is 10.0. The highest BCUT2D eigenvalue weighted by Gasteiger charge is 2.24. The van der Waals surface area contributed by atoms with E-state index in [4.69, 9.17) is 0 Å². The molecule has 21 heavy (non-hydrogen) atoms. The van der Waals surface area contributed by atoms with Crippen LogP contribution in [0.25, 0.3) is 0 Å². The maximum absolute atomic E-state index is 11.9. The molecule has 1 fully saturated rings. The Bertz CT molecular complexity index is 497. The first-order chi connectivity index (χ1) is 9.99. The minimum absolute atomic E-state index is 0.0770. The second-order valence-electron chi connectivity index (χ2n) is 5.88. The summed E-state index contributed by atoms with van der Waals surface area (Å²) in [6.45, 7) is 6.18. The highest BCUT2D eigenvalue weighted by Crippen LogP contribution is 2.27. The van der Waals surface area contributed by atoms with Crippen LogP contribution in [0, 0.1) is 5.92 Å². The van der Waals surface area contributed by atoms with E-state index in [1.165, 1.54) is 0 Å². The van der Waals surface area contributed by atoms with Crippen LogP contribution in [0.2, 0.25) is 0 Å². The number of hydrogen-bond acceptors (Lipinski definition) is 3. The van der Waals surface area contributed by atoms with Crippen LogP contribution in [-0.4, -0.2) is 35.0 Å². The predicted molar refractivity (Wildman–Crippen MR) is 87.1 cm³/mol. The number of halogens is 1. The molecule has 1 aromatic carbocycles. The number of phenols is 1. The summed E-state index contributed by atoms with van der Waals surface area (Å²) in [5.41, 5.74) is 0.894. The van der Waals surface area contributed by atoms with Crippen molar-refractivity contribution in [3.8, 4) is 5.75 Å². The molecule has 1 heterocycles. The summed E-state index contributed by atoms with van der Waals surface area (Å²) in [7, 11) is 0. The van der Waals surface area contributed by atoms with Gasteiger partial charge in [-0.05, 0) is 34.8 Å². The SMILES string of the molecule is CC(C)C(=O)N1CCC(NCc2cccc(Br)c2O)CC1. The molecule has 2 N–H and O–H groups in total. The van der Waals surface area contributed by atoms with Crippen molar-refractivity contribution in [3.63, 3.8) is 0 Å². The molecule has 1 aliphatic rings. The molecule has 1 amide bonds. The van der Waals surface area contributed by atoms with E-state index in [0.717, 1.165) is 36.0 Å². The lowest BCUT2D eigenvalue weighted by molar-refractivity contribution is -0.135. The van der Waals surface area contributed by atoms with Gasteiger partial charge in [-0.3, -0.25) is 4.79 Å². The van der Waals surface area contributed by atoms with Gasteiger partial charge in [-0.15, -0.1) is 0 Å². The lowest BCUT2D eigenvalue weighted by Crippen LogP contribution is -2.45. The van der Waals surface area contributed by atoms with Gasteiger partial charge >= 0.3 is 0 Å². The van der Waals surface area contributed by atoms with Gasteiger partial charge < -0.3 is 15.3 Å². The van der Waals surface area contributed by atoms with Gasteiger partial charge in [0.15, 0.2) is 0 Å². The normalized spacial score (nSPS) is 16.5. The van der Waals surface area contributed by atoms with Crippen molar-refractivity contribution in [2.75, 3.05) is 13.1 Å². The summed E-state index contributed by atoms with van der Waals surface area (Å²) in [4.78, 5) is 13.9. The Balaban J connectivity index is 1.82. The first kappa shape index (κ1) is 16.3. The molecule has 1 saturated heterocycles. The zero-order chi connectivity index (χ0) is 15.4. The van der Waals surface area contributed by atoms with Gasteiger partial charge in [0, 0.05) is 37.2 Å². The van der Waals surface area contributed by atoms with Crippen LogP contribution in [0.4, 0.5) is 0 Å². The van der Waals surface area contributed by atoms with Crippen molar-refractivity contribution in [2.24, 2.45) is 5.92 Å². The van der Waals surface area contributed by atoms with Crippen LogP contribution in [-0.2, 0) is 11.3 Å². The number of carbonyl (C=O) groups excluding carboxylic acids is 1. The van der Waals surface area contributed by atoms with Gasteiger partial charge in [0.1, 0.15) is 5.75 Å². The molecule has 5 heteroatoms. The fourth-order valence-electron chi connectivity index (χ4n) is 2.63. The molecule has 0 aromatic heterocycles. The highest BCUT2D eigenvalue weighted by molar-refractivity contribution is 9.10. The molecular weight excluding hydrogens is 332 g/mol. The van der Waals surface area contributed by atoms with Gasteiger partial charge in [-0.1, -0.05) is 26.0 Å². The van der Waals surface area contributed by atoms with Crippen LogP contribution in [0.5, 0.6) is 5.75 Å². The summed E-state index contributed by atoms with van der Waals surface area (Å²) >= 11 is 3.33. The topological polar surface area (TPSA) is 52.6 Å². The molecule has 0 spiro atoms. The number of nitrogens with zero attached hydrogens (tertiary/aromatic N) is 1. The van der Waals surface area contributed by atoms with E-state index in [1.54, 1.807) is 0 Å². The largest absolute Gasteiger partial charge is 0.506 e. The zero-order valence-electron chi connectivity index (χ0n) is 12.6. The third-order valence-corrected chi connectivity index (χ3v) is 4.59. The van der Waals surface area contributed by atoms with Crippen molar-refractivity contribution < 1.29 is 9.90 Å². The molecule has 4 nitrogen and oxygen atoms in total. The van der Waals surface area contributed by atoms with Gasteiger partial charge in [-0.25, -0.2) is 0 Å². The van der Waals surface area contributed by atoms with Crippen LogP contribution < -0.4 is 5.32 Å². The summed E-state index contributed by atoms with van der Waals surface area (Å²) in [5.74, 6) is 0.628. The summed E-state index contributed by atoms with van der Waals surface area (Å²) in [5, 5.41) is 13.4. The number of likely N-dealkylation sites (tertiary alicyclic amines) is 1. The Labute approximate surface area is 134 Å². The lowest BCUT2D eigenvalue weighted by Gasteiger charge is -2.33. The Morgan fingerprint density at radius 3 is 2.71 bits per heavy atom. The van der Waals surface area contributed by atoms with E-state index in [1.807, 2.05) is 36.9 Å². The number of benzene rings is 1. The maximum atomic E-state index is 11.9. The van der Waals surface area contributed by atoms with Crippen LogP contribution in [0.15, 0.2) is 22.7 Å². The standard InChI is InChI=1S/C16H23BrN2O2/c1-11(2)16(21)19-8-6-13(7-9-19)18-10-12-4-3-5-14(17)15(12)20/h3-5,11,13,18,20H,6-10H2,1-2H3. The van der Waals surface area contributed by atoms with E-state index in [0.29, 0.717) is 18.3 Å². The van der Waals surface area contributed by atoms with Gasteiger partial charge in [0.25, 0.3) is 0 Å².